The molecule has 2 saturated heterocycles. The molecule has 2 aliphatic rings. The summed E-state index contributed by atoms with van der Waals surface area (Å²) in [6, 6.07) is 13.2. The molecule has 0 bridgehead atoms. The molecule has 2 atom stereocenters. The number of methoxy groups -OCH3 is 1. The van der Waals surface area contributed by atoms with Crippen molar-refractivity contribution in [3.8, 4) is 5.75 Å². The summed E-state index contributed by atoms with van der Waals surface area (Å²) in [5.41, 5.74) is 1.69. The Hall–Kier alpha value is -3.72. The van der Waals surface area contributed by atoms with Crippen LogP contribution < -0.4 is 4.74 Å². The van der Waals surface area contributed by atoms with Crippen LogP contribution in [0.15, 0.2) is 61.3 Å². The number of hydrogen-bond donors (Lipinski definition) is 0. The summed E-state index contributed by atoms with van der Waals surface area (Å²) in [6.45, 7) is 5.60. The van der Waals surface area contributed by atoms with E-state index in [0.717, 1.165) is 17.0 Å². The second kappa shape index (κ2) is 11.8. The molecule has 1 aromatic carbocycles. The number of rotatable bonds is 9. The quantitative estimate of drug-likeness (QED) is 0.497. The molecule has 9 heteroatoms. The molecule has 3 heterocycles. The lowest BCUT2D eigenvalue weighted by Gasteiger charge is -2.26. The SMILES string of the molecule is C=CCN1C[C@H](C(=O)N2CC(=O)N(Cc3ccccn3)C[C@@H](OCc3cccc(OC)c3)C2)CC1=O. The monoisotopic (exact) mass is 492 g/mol. The summed E-state index contributed by atoms with van der Waals surface area (Å²) < 4.78 is 11.5. The van der Waals surface area contributed by atoms with Gasteiger partial charge in [0.1, 0.15) is 5.75 Å². The fraction of sp³-hybridized carbons (Fsp3) is 0.407. The smallest absolute Gasteiger partial charge is 0.242 e. The molecule has 1 aromatic heterocycles. The first kappa shape index (κ1) is 25.4. The third kappa shape index (κ3) is 6.28. The maximum absolute atomic E-state index is 13.4. The number of aromatic nitrogens is 1. The van der Waals surface area contributed by atoms with Crippen molar-refractivity contribution in [1.29, 1.82) is 0 Å². The molecule has 9 nitrogen and oxygen atoms in total. The Morgan fingerprint density at radius 1 is 1.11 bits per heavy atom. The Kier molecular flexibility index (Phi) is 8.32. The van der Waals surface area contributed by atoms with Gasteiger partial charge in [0.25, 0.3) is 0 Å². The molecule has 0 unspecified atom stereocenters. The van der Waals surface area contributed by atoms with Gasteiger partial charge in [0, 0.05) is 38.8 Å². The Balaban J connectivity index is 1.50. The minimum atomic E-state index is -0.480. The zero-order valence-electron chi connectivity index (χ0n) is 20.5. The van der Waals surface area contributed by atoms with Gasteiger partial charge >= 0.3 is 0 Å². The van der Waals surface area contributed by atoms with E-state index in [-0.39, 0.29) is 37.2 Å². The van der Waals surface area contributed by atoms with Crippen LogP contribution in [0.2, 0.25) is 0 Å². The zero-order valence-corrected chi connectivity index (χ0v) is 20.5. The van der Waals surface area contributed by atoms with Crippen molar-refractivity contribution in [2.45, 2.75) is 25.7 Å². The largest absolute Gasteiger partial charge is 0.497 e. The number of carbonyl (C=O) groups excluding carboxylic acids is 3. The van der Waals surface area contributed by atoms with Crippen LogP contribution >= 0.6 is 0 Å². The summed E-state index contributed by atoms with van der Waals surface area (Å²) in [7, 11) is 1.61. The van der Waals surface area contributed by atoms with E-state index in [0.29, 0.717) is 32.8 Å². The van der Waals surface area contributed by atoms with Gasteiger partial charge in [-0.2, -0.15) is 0 Å². The van der Waals surface area contributed by atoms with Crippen LogP contribution in [0.3, 0.4) is 0 Å². The first-order valence-corrected chi connectivity index (χ1v) is 12.1. The summed E-state index contributed by atoms with van der Waals surface area (Å²) in [5, 5.41) is 0. The fourth-order valence-electron chi connectivity index (χ4n) is 4.60. The molecule has 0 N–H and O–H groups in total. The molecule has 0 saturated carbocycles. The molecule has 36 heavy (non-hydrogen) atoms. The van der Waals surface area contributed by atoms with Crippen LogP contribution in [-0.2, 0) is 32.3 Å². The molecule has 3 amide bonds. The first-order chi connectivity index (χ1) is 17.5. The van der Waals surface area contributed by atoms with Crippen molar-refractivity contribution in [3.63, 3.8) is 0 Å². The molecule has 4 rings (SSSR count). The Bertz CT molecular complexity index is 1090. The molecule has 2 fully saturated rings. The lowest BCUT2D eigenvalue weighted by atomic mass is 10.1. The van der Waals surface area contributed by atoms with Gasteiger partial charge in [-0.1, -0.05) is 24.3 Å². The summed E-state index contributed by atoms with van der Waals surface area (Å²) in [5.74, 6) is -0.189. The molecule has 2 aromatic rings. The van der Waals surface area contributed by atoms with Crippen molar-refractivity contribution in [3.05, 3.63) is 72.6 Å². The summed E-state index contributed by atoms with van der Waals surface area (Å²) in [4.78, 5) is 48.2. The second-order valence-electron chi connectivity index (χ2n) is 9.09. The van der Waals surface area contributed by atoms with Crippen LogP contribution in [-0.4, -0.2) is 83.3 Å². The van der Waals surface area contributed by atoms with Crippen molar-refractivity contribution in [1.82, 2.24) is 19.7 Å². The van der Waals surface area contributed by atoms with Gasteiger partial charge in [0.15, 0.2) is 0 Å². The molecule has 0 aliphatic carbocycles. The maximum atomic E-state index is 13.4. The Morgan fingerprint density at radius 3 is 2.72 bits per heavy atom. The number of likely N-dealkylation sites (tertiary alicyclic amines) is 1. The van der Waals surface area contributed by atoms with Crippen molar-refractivity contribution < 1.29 is 23.9 Å². The van der Waals surface area contributed by atoms with E-state index >= 15 is 0 Å². The fourth-order valence-corrected chi connectivity index (χ4v) is 4.60. The van der Waals surface area contributed by atoms with E-state index in [1.54, 1.807) is 34.1 Å². The van der Waals surface area contributed by atoms with E-state index in [9.17, 15) is 14.4 Å². The predicted molar refractivity (Wildman–Crippen MR) is 133 cm³/mol. The van der Waals surface area contributed by atoms with Crippen LogP contribution in [0, 0.1) is 5.92 Å². The summed E-state index contributed by atoms with van der Waals surface area (Å²) in [6.07, 6.45) is 3.08. The minimum absolute atomic E-state index is 0.0587. The number of ether oxygens (including phenoxy) is 2. The van der Waals surface area contributed by atoms with Crippen molar-refractivity contribution in [2.75, 3.05) is 39.8 Å². The second-order valence-corrected chi connectivity index (χ2v) is 9.09. The highest BCUT2D eigenvalue weighted by Gasteiger charge is 2.39. The van der Waals surface area contributed by atoms with E-state index < -0.39 is 12.0 Å². The normalized spacial score (nSPS) is 20.4. The van der Waals surface area contributed by atoms with Gasteiger partial charge in [-0.05, 0) is 29.8 Å². The Labute approximate surface area is 211 Å². The molecule has 0 spiro atoms. The van der Waals surface area contributed by atoms with Crippen LogP contribution in [0.4, 0.5) is 0 Å². The minimum Gasteiger partial charge on any atom is -0.497 e. The third-order valence-electron chi connectivity index (χ3n) is 6.45. The average Bonchev–Trinajstić information content (AvgIpc) is 3.18. The van der Waals surface area contributed by atoms with Gasteiger partial charge in [0.05, 0.1) is 44.5 Å². The number of pyridine rings is 1. The Morgan fingerprint density at radius 2 is 1.97 bits per heavy atom. The molecule has 2 aliphatic heterocycles. The van der Waals surface area contributed by atoms with Gasteiger partial charge in [-0.15, -0.1) is 6.58 Å². The molecule has 190 valence electrons. The van der Waals surface area contributed by atoms with E-state index in [2.05, 4.69) is 11.6 Å². The molecule has 0 radical (unpaired) electrons. The zero-order chi connectivity index (χ0) is 25.5. The van der Waals surface area contributed by atoms with Crippen LogP contribution in [0.1, 0.15) is 17.7 Å². The van der Waals surface area contributed by atoms with Gasteiger partial charge in [0.2, 0.25) is 17.7 Å². The van der Waals surface area contributed by atoms with Crippen LogP contribution in [0.5, 0.6) is 5.75 Å². The number of hydrogen-bond acceptors (Lipinski definition) is 6. The number of amides is 3. The predicted octanol–water partition coefficient (Wildman–Crippen LogP) is 1.88. The van der Waals surface area contributed by atoms with Gasteiger partial charge in [-0.25, -0.2) is 0 Å². The summed E-state index contributed by atoms with van der Waals surface area (Å²) >= 11 is 0. The van der Waals surface area contributed by atoms with Gasteiger partial charge in [-0.3, -0.25) is 19.4 Å². The van der Waals surface area contributed by atoms with Gasteiger partial charge < -0.3 is 24.2 Å². The third-order valence-corrected chi connectivity index (χ3v) is 6.45. The topological polar surface area (TPSA) is 92.3 Å². The number of nitrogens with zero attached hydrogens (tertiary/aromatic N) is 4. The first-order valence-electron chi connectivity index (χ1n) is 12.1. The standard InChI is InChI=1S/C27H32N4O5/c1-3-11-29-14-21(13-25(29)32)27(34)31-17-24(36-19-20-7-6-9-23(12-20)35-2)16-30(26(33)18-31)15-22-8-4-5-10-28-22/h3-10,12,21,24H,1,11,13-19H2,2H3/t21-,24-/m1/s1. The van der Waals surface area contributed by atoms with Crippen LogP contribution in [0.25, 0.3) is 0 Å². The lowest BCUT2D eigenvalue weighted by molar-refractivity contribution is -0.141. The highest BCUT2D eigenvalue weighted by atomic mass is 16.5. The van der Waals surface area contributed by atoms with Crippen molar-refractivity contribution >= 4 is 17.7 Å². The van der Waals surface area contributed by atoms with E-state index in [4.69, 9.17) is 9.47 Å². The molecular formula is C27H32N4O5. The highest BCUT2D eigenvalue weighted by Crippen LogP contribution is 2.23. The average molecular weight is 493 g/mol. The highest BCUT2D eigenvalue weighted by molar-refractivity contribution is 5.91. The van der Waals surface area contributed by atoms with E-state index in [1.807, 2.05) is 42.5 Å². The van der Waals surface area contributed by atoms with E-state index in [1.165, 1.54) is 0 Å². The lowest BCUT2D eigenvalue weighted by Crippen LogP contribution is -2.43. The molecular weight excluding hydrogens is 460 g/mol. The maximum Gasteiger partial charge on any atom is 0.242 e. The number of carbonyl (C=O) groups is 3. The van der Waals surface area contributed by atoms with Crippen molar-refractivity contribution in [2.24, 2.45) is 5.92 Å². The number of benzene rings is 1.